The molecule has 23 heavy (non-hydrogen) atoms. The molecule has 0 spiro atoms. The molecule has 0 aromatic rings. The minimum atomic E-state index is -1.63. The van der Waals surface area contributed by atoms with Crippen LogP contribution < -0.4 is 0 Å². The van der Waals surface area contributed by atoms with Crippen LogP contribution in [0.2, 0.25) is 0 Å². The van der Waals surface area contributed by atoms with E-state index in [1.165, 1.54) is 0 Å². The summed E-state index contributed by atoms with van der Waals surface area (Å²) < 4.78 is 15.1. The van der Waals surface area contributed by atoms with Gasteiger partial charge >= 0.3 is 17.9 Å². The lowest BCUT2D eigenvalue weighted by atomic mass is 10.1. The number of rotatable bonds is 15. The summed E-state index contributed by atoms with van der Waals surface area (Å²) >= 11 is 0. The molecule has 0 saturated heterocycles. The van der Waals surface area contributed by atoms with E-state index in [0.29, 0.717) is 0 Å². The number of carboxylic acids is 3. The molecule has 0 aliphatic rings. The van der Waals surface area contributed by atoms with Gasteiger partial charge in [0.2, 0.25) is 0 Å². The quantitative estimate of drug-likeness (QED) is 0.278. The summed E-state index contributed by atoms with van der Waals surface area (Å²) in [6.07, 6.45) is -0.721. The Balaban J connectivity index is 4.23. The van der Waals surface area contributed by atoms with Gasteiger partial charge in [0.1, 0.15) is 5.60 Å². The van der Waals surface area contributed by atoms with E-state index in [4.69, 9.17) is 29.5 Å². The van der Waals surface area contributed by atoms with Gasteiger partial charge in [0, 0.05) is 0 Å². The van der Waals surface area contributed by atoms with E-state index in [1.807, 2.05) is 0 Å². The Morgan fingerprint density at radius 3 is 1.13 bits per heavy atom. The third-order valence-corrected chi connectivity index (χ3v) is 2.49. The number of carboxylic acid groups (broad SMARTS) is 3. The summed E-state index contributed by atoms with van der Waals surface area (Å²) in [6.45, 7) is -1.24. The van der Waals surface area contributed by atoms with E-state index < -0.39 is 23.5 Å². The molecule has 10 heteroatoms. The fourth-order valence-corrected chi connectivity index (χ4v) is 1.39. The summed E-state index contributed by atoms with van der Waals surface area (Å²) in [5.74, 6) is -3.16. The monoisotopic (exact) mass is 338 g/mol. The number of carbonyl (C=O) groups is 3. The average Bonchev–Trinajstić information content (AvgIpc) is 2.44. The van der Waals surface area contributed by atoms with E-state index in [2.05, 4.69) is 0 Å². The molecule has 0 radical (unpaired) electrons. The first kappa shape index (κ1) is 21.2. The van der Waals surface area contributed by atoms with Crippen molar-refractivity contribution in [3.8, 4) is 0 Å². The highest BCUT2D eigenvalue weighted by Crippen LogP contribution is 2.09. The second kappa shape index (κ2) is 11.8. The molecule has 0 fully saturated rings. The van der Waals surface area contributed by atoms with Crippen LogP contribution in [-0.4, -0.2) is 83.6 Å². The average molecular weight is 338 g/mol. The van der Waals surface area contributed by atoms with Crippen molar-refractivity contribution >= 4 is 17.9 Å². The number of hydrogen-bond donors (Lipinski definition) is 4. The van der Waals surface area contributed by atoms with Gasteiger partial charge in [-0.25, -0.2) is 0 Å². The third-order valence-electron chi connectivity index (χ3n) is 2.49. The van der Waals surface area contributed by atoms with Gasteiger partial charge in [-0.05, 0) is 0 Å². The zero-order valence-electron chi connectivity index (χ0n) is 12.6. The molecule has 0 bridgehead atoms. The molecule has 134 valence electrons. The van der Waals surface area contributed by atoms with Crippen molar-refractivity contribution in [1.82, 2.24) is 0 Å². The first-order valence-electron chi connectivity index (χ1n) is 6.86. The van der Waals surface area contributed by atoms with Crippen LogP contribution in [0, 0.1) is 0 Å². The highest BCUT2D eigenvalue weighted by molar-refractivity contribution is 5.67. The second-order valence-corrected chi connectivity index (χ2v) is 4.81. The van der Waals surface area contributed by atoms with Gasteiger partial charge in [-0.1, -0.05) is 0 Å². The standard InChI is InChI=1S/C13H22O10/c14-10(15)1-4-21-7-13(20,8-22-5-2-11(16)17)9-23-6-3-12(18)19/h20H,1-9H2,(H,14,15)(H,16,17)(H,18,19). The van der Waals surface area contributed by atoms with Crippen LogP contribution in [0.15, 0.2) is 0 Å². The molecule has 0 aliphatic heterocycles. The molecule has 4 N–H and O–H groups in total. The van der Waals surface area contributed by atoms with Gasteiger partial charge in [-0.3, -0.25) is 14.4 Å². The highest BCUT2D eigenvalue weighted by atomic mass is 16.5. The summed E-state index contributed by atoms with van der Waals surface area (Å²) in [4.78, 5) is 31.1. The molecule has 0 aliphatic carbocycles. The summed E-state index contributed by atoms with van der Waals surface area (Å²) in [6, 6.07) is 0. The lowest BCUT2D eigenvalue weighted by Crippen LogP contribution is -2.45. The van der Waals surface area contributed by atoms with Gasteiger partial charge in [0.05, 0.1) is 58.9 Å². The van der Waals surface area contributed by atoms with Crippen molar-refractivity contribution in [1.29, 1.82) is 0 Å². The third kappa shape index (κ3) is 13.6. The molecule has 0 atom stereocenters. The van der Waals surface area contributed by atoms with Crippen LogP contribution in [0.4, 0.5) is 0 Å². The van der Waals surface area contributed by atoms with Crippen molar-refractivity contribution in [3.05, 3.63) is 0 Å². The fraction of sp³-hybridized carbons (Fsp3) is 0.769. The second-order valence-electron chi connectivity index (χ2n) is 4.81. The predicted octanol–water partition coefficient (Wildman–Crippen LogP) is -0.809. The van der Waals surface area contributed by atoms with Gasteiger partial charge in [-0.15, -0.1) is 0 Å². The van der Waals surface area contributed by atoms with Crippen LogP contribution in [-0.2, 0) is 28.6 Å². The topological polar surface area (TPSA) is 160 Å². The Bertz CT molecular complexity index is 326. The number of ether oxygens (including phenoxy) is 3. The Labute approximate surface area is 132 Å². The Hall–Kier alpha value is -1.75. The summed E-state index contributed by atoms with van der Waals surface area (Å²) in [5, 5.41) is 35.8. The lowest BCUT2D eigenvalue weighted by molar-refractivity contribution is -0.148. The molecule has 0 rings (SSSR count). The van der Waals surface area contributed by atoms with Crippen LogP contribution in [0.25, 0.3) is 0 Å². The largest absolute Gasteiger partial charge is 0.481 e. The van der Waals surface area contributed by atoms with E-state index in [-0.39, 0.29) is 58.9 Å². The Morgan fingerprint density at radius 1 is 0.652 bits per heavy atom. The molecule has 0 aromatic heterocycles. The first-order chi connectivity index (χ1) is 10.7. The number of aliphatic carboxylic acids is 3. The maximum absolute atomic E-state index is 10.4. The number of aliphatic hydroxyl groups is 1. The first-order valence-corrected chi connectivity index (χ1v) is 6.86. The zero-order chi connectivity index (χ0) is 17.7. The van der Waals surface area contributed by atoms with Crippen LogP contribution >= 0.6 is 0 Å². The molecule has 0 saturated carbocycles. The molecule has 0 heterocycles. The molecule has 10 nitrogen and oxygen atoms in total. The van der Waals surface area contributed by atoms with E-state index in [9.17, 15) is 19.5 Å². The van der Waals surface area contributed by atoms with Crippen molar-refractivity contribution < 1.29 is 49.0 Å². The molecular formula is C13H22O10. The normalized spacial score (nSPS) is 11.3. The molecule has 0 amide bonds. The van der Waals surface area contributed by atoms with Gasteiger partial charge < -0.3 is 34.6 Å². The fourth-order valence-electron chi connectivity index (χ4n) is 1.39. The van der Waals surface area contributed by atoms with E-state index in [1.54, 1.807) is 0 Å². The van der Waals surface area contributed by atoms with Crippen molar-refractivity contribution in [2.75, 3.05) is 39.6 Å². The molecular weight excluding hydrogens is 316 g/mol. The zero-order valence-corrected chi connectivity index (χ0v) is 12.6. The number of hydrogen-bond acceptors (Lipinski definition) is 7. The van der Waals surface area contributed by atoms with Gasteiger partial charge in [0.15, 0.2) is 0 Å². The molecule has 0 unspecified atom stereocenters. The van der Waals surface area contributed by atoms with Crippen LogP contribution in [0.5, 0.6) is 0 Å². The maximum atomic E-state index is 10.4. The lowest BCUT2D eigenvalue weighted by Gasteiger charge is -2.27. The van der Waals surface area contributed by atoms with Gasteiger partial charge in [-0.2, -0.15) is 0 Å². The van der Waals surface area contributed by atoms with Crippen LogP contribution in [0.1, 0.15) is 19.3 Å². The maximum Gasteiger partial charge on any atom is 0.305 e. The van der Waals surface area contributed by atoms with E-state index >= 15 is 0 Å². The smallest absolute Gasteiger partial charge is 0.305 e. The van der Waals surface area contributed by atoms with E-state index in [0.717, 1.165) is 0 Å². The summed E-state index contributed by atoms with van der Waals surface area (Å²) in [7, 11) is 0. The Kier molecular flexibility index (Phi) is 10.9. The predicted molar refractivity (Wildman–Crippen MR) is 74.2 cm³/mol. The van der Waals surface area contributed by atoms with Crippen molar-refractivity contribution in [2.24, 2.45) is 0 Å². The van der Waals surface area contributed by atoms with Crippen molar-refractivity contribution in [2.45, 2.75) is 24.9 Å². The van der Waals surface area contributed by atoms with Crippen LogP contribution in [0.3, 0.4) is 0 Å². The van der Waals surface area contributed by atoms with Gasteiger partial charge in [0.25, 0.3) is 0 Å². The minimum Gasteiger partial charge on any atom is -0.481 e. The molecule has 0 aromatic carbocycles. The SMILES string of the molecule is O=C(O)CCOCC(O)(COCCC(=O)O)COCCC(=O)O. The highest BCUT2D eigenvalue weighted by Gasteiger charge is 2.28. The Morgan fingerprint density at radius 2 is 0.913 bits per heavy atom. The minimum absolute atomic E-state index is 0.123. The summed E-state index contributed by atoms with van der Waals surface area (Å²) in [5.41, 5.74) is -1.63. The van der Waals surface area contributed by atoms with Crippen molar-refractivity contribution in [3.63, 3.8) is 0 Å².